The van der Waals surface area contributed by atoms with Crippen molar-refractivity contribution in [2.24, 2.45) is 4.99 Å². The second kappa shape index (κ2) is 6.19. The minimum atomic E-state index is -1.18. The van der Waals surface area contributed by atoms with Crippen molar-refractivity contribution >= 4 is 34.1 Å². The number of ether oxygens (including phenoxy) is 2. The molecule has 1 aromatic carbocycles. The molecule has 0 saturated heterocycles. The van der Waals surface area contributed by atoms with Gasteiger partial charge in [-0.05, 0) is 6.07 Å². The molecular weight excluding hydrogens is 334 g/mol. The average Bonchev–Trinajstić information content (AvgIpc) is 3.04. The normalized spacial score (nSPS) is 11.4. The number of aliphatic imine (C=N–C) groups is 1. The molecule has 0 saturated carbocycles. The van der Waals surface area contributed by atoms with Crippen molar-refractivity contribution in [1.82, 2.24) is 0 Å². The van der Waals surface area contributed by atoms with Crippen molar-refractivity contribution < 1.29 is 33.3 Å². The Labute approximate surface area is 139 Å². The van der Waals surface area contributed by atoms with E-state index in [1.165, 1.54) is 20.5 Å². The summed E-state index contributed by atoms with van der Waals surface area (Å²) in [6, 6.07) is 1.61. The first-order chi connectivity index (χ1) is 12.0. The first kappa shape index (κ1) is 16.4. The summed E-state index contributed by atoms with van der Waals surface area (Å²) in [5.41, 5.74) is -0.969. The van der Waals surface area contributed by atoms with Gasteiger partial charge in [0, 0.05) is 6.21 Å². The summed E-state index contributed by atoms with van der Waals surface area (Å²) in [5.74, 6) is -1.30. The third kappa shape index (κ3) is 2.55. The number of methoxy groups -OCH3 is 2. The predicted octanol–water partition coefficient (Wildman–Crippen LogP) is 1.77. The molecule has 25 heavy (non-hydrogen) atoms. The maximum atomic E-state index is 12.2. The quantitative estimate of drug-likeness (QED) is 0.527. The van der Waals surface area contributed by atoms with Gasteiger partial charge in [-0.25, -0.2) is 4.79 Å². The van der Waals surface area contributed by atoms with E-state index in [9.17, 15) is 14.7 Å². The largest absolute Gasteiger partial charge is 0.506 e. The zero-order valence-electron chi connectivity index (χ0n) is 13.2. The molecule has 0 amide bonds. The van der Waals surface area contributed by atoms with Crippen LogP contribution in [0.4, 0.5) is 0 Å². The average molecular weight is 347 g/mol. The Morgan fingerprint density at radius 2 is 2.00 bits per heavy atom. The van der Waals surface area contributed by atoms with Gasteiger partial charge >= 0.3 is 11.6 Å². The molecule has 0 bridgehead atoms. The van der Waals surface area contributed by atoms with Crippen LogP contribution >= 0.6 is 0 Å². The van der Waals surface area contributed by atoms with Crippen LogP contribution in [0.5, 0.6) is 17.2 Å². The van der Waals surface area contributed by atoms with Gasteiger partial charge in [0.05, 0.1) is 25.9 Å². The molecule has 0 unspecified atom stereocenters. The number of fused-ring (bicyclic) bond motifs is 2. The molecule has 2 N–H and O–H groups in total. The molecule has 2 aromatic heterocycles. The van der Waals surface area contributed by atoms with Crippen LogP contribution in [-0.2, 0) is 4.79 Å². The highest BCUT2D eigenvalue weighted by atomic mass is 16.5. The summed E-state index contributed by atoms with van der Waals surface area (Å²) in [6.45, 7) is -0.557. The fourth-order valence-electron chi connectivity index (χ4n) is 2.54. The summed E-state index contributed by atoms with van der Waals surface area (Å²) in [6.07, 6.45) is 2.35. The zero-order valence-corrected chi connectivity index (χ0v) is 13.2. The number of hydrogen-bond acceptors (Lipinski definition) is 8. The fraction of sp³-hybridized carbons (Fsp3) is 0.188. The van der Waals surface area contributed by atoms with Gasteiger partial charge in [-0.15, -0.1) is 0 Å². The fourth-order valence-corrected chi connectivity index (χ4v) is 2.54. The Morgan fingerprint density at radius 1 is 1.28 bits per heavy atom. The smallest absolute Gasteiger partial charge is 0.349 e. The number of furan rings is 1. The lowest BCUT2D eigenvalue weighted by Gasteiger charge is -2.12. The highest BCUT2D eigenvalue weighted by molar-refractivity contribution is 6.10. The summed E-state index contributed by atoms with van der Waals surface area (Å²) in [5, 5.41) is 19.8. The van der Waals surface area contributed by atoms with Gasteiger partial charge in [-0.1, -0.05) is 0 Å². The summed E-state index contributed by atoms with van der Waals surface area (Å²) in [7, 11) is 2.75. The van der Waals surface area contributed by atoms with Crippen LogP contribution in [-0.4, -0.2) is 43.2 Å². The van der Waals surface area contributed by atoms with Gasteiger partial charge in [-0.3, -0.25) is 9.79 Å². The van der Waals surface area contributed by atoms with Crippen LogP contribution in [0.3, 0.4) is 0 Å². The number of aliphatic carboxylic acids is 1. The number of carbonyl (C=O) groups is 1. The van der Waals surface area contributed by atoms with Crippen molar-refractivity contribution in [2.45, 2.75) is 0 Å². The van der Waals surface area contributed by atoms with E-state index in [0.717, 1.165) is 6.21 Å². The Hall–Kier alpha value is -3.49. The summed E-state index contributed by atoms with van der Waals surface area (Å²) >= 11 is 0. The maximum absolute atomic E-state index is 12.2. The number of benzene rings is 1. The molecule has 3 rings (SSSR count). The van der Waals surface area contributed by atoms with Crippen LogP contribution in [0, 0.1) is 0 Å². The van der Waals surface area contributed by atoms with Gasteiger partial charge in [0.2, 0.25) is 5.75 Å². The van der Waals surface area contributed by atoms with Crippen LogP contribution in [0.1, 0.15) is 5.56 Å². The first-order valence-corrected chi connectivity index (χ1v) is 7.02. The minimum absolute atomic E-state index is 0.0558. The molecule has 0 spiro atoms. The lowest BCUT2D eigenvalue weighted by Crippen LogP contribution is -2.09. The maximum Gasteiger partial charge on any atom is 0.349 e. The van der Waals surface area contributed by atoms with Gasteiger partial charge < -0.3 is 28.5 Å². The van der Waals surface area contributed by atoms with Crippen molar-refractivity contribution in [1.29, 1.82) is 0 Å². The Kier molecular flexibility index (Phi) is 4.05. The minimum Gasteiger partial charge on any atom is -0.506 e. The highest BCUT2D eigenvalue weighted by Gasteiger charge is 2.25. The third-order valence-corrected chi connectivity index (χ3v) is 3.54. The predicted molar refractivity (Wildman–Crippen MR) is 87.1 cm³/mol. The Balaban J connectivity index is 2.41. The molecule has 2 heterocycles. The molecule has 9 nitrogen and oxygen atoms in total. The van der Waals surface area contributed by atoms with E-state index >= 15 is 0 Å². The van der Waals surface area contributed by atoms with E-state index in [0.29, 0.717) is 11.0 Å². The van der Waals surface area contributed by atoms with Crippen molar-refractivity contribution in [2.75, 3.05) is 20.8 Å². The van der Waals surface area contributed by atoms with Gasteiger partial charge in [-0.2, -0.15) is 0 Å². The molecular formula is C16H13NO8. The monoisotopic (exact) mass is 347 g/mol. The van der Waals surface area contributed by atoms with E-state index in [2.05, 4.69) is 4.99 Å². The summed E-state index contributed by atoms with van der Waals surface area (Å²) in [4.78, 5) is 26.3. The van der Waals surface area contributed by atoms with Crippen molar-refractivity contribution in [3.05, 3.63) is 28.3 Å². The molecule has 0 fully saturated rings. The molecule has 0 radical (unpaired) electrons. The number of nitrogens with zero attached hydrogens (tertiary/aromatic N) is 1. The SMILES string of the molecule is COc1c2occc2c(OC)c2c(O)c(C=NCC(=O)O)c(=O)oc12. The number of carboxylic acid groups (broad SMARTS) is 1. The highest BCUT2D eigenvalue weighted by Crippen LogP contribution is 2.46. The Morgan fingerprint density at radius 3 is 2.64 bits per heavy atom. The molecule has 9 heteroatoms. The van der Waals surface area contributed by atoms with Gasteiger partial charge in [0.1, 0.15) is 29.0 Å². The number of carboxylic acids is 1. The standard InChI is InChI=1S/C16H13NO8/c1-22-12-7-3-4-24-13(7)15(23-2)14-10(12)11(20)8(16(21)25-14)5-17-6-9(18)19/h3-5,20H,6H2,1-2H3,(H,18,19). The Bertz CT molecular complexity index is 1060. The topological polar surface area (TPSA) is 132 Å². The lowest BCUT2D eigenvalue weighted by molar-refractivity contribution is -0.135. The second-order valence-electron chi connectivity index (χ2n) is 4.95. The lowest BCUT2D eigenvalue weighted by atomic mass is 10.1. The number of hydrogen-bond donors (Lipinski definition) is 2. The van der Waals surface area contributed by atoms with E-state index in [1.54, 1.807) is 6.07 Å². The van der Waals surface area contributed by atoms with E-state index in [-0.39, 0.29) is 28.0 Å². The van der Waals surface area contributed by atoms with Crippen LogP contribution < -0.4 is 15.1 Å². The number of aromatic hydroxyl groups is 1. The third-order valence-electron chi connectivity index (χ3n) is 3.54. The van der Waals surface area contributed by atoms with Crippen LogP contribution in [0.25, 0.3) is 21.9 Å². The number of rotatable bonds is 5. The molecule has 0 aliphatic rings. The van der Waals surface area contributed by atoms with Crippen LogP contribution in [0.2, 0.25) is 0 Å². The molecule has 130 valence electrons. The molecule has 3 aromatic rings. The van der Waals surface area contributed by atoms with Crippen molar-refractivity contribution in [3.8, 4) is 17.2 Å². The zero-order chi connectivity index (χ0) is 18.1. The molecule has 0 aliphatic carbocycles. The van der Waals surface area contributed by atoms with Crippen LogP contribution in [0.15, 0.2) is 31.0 Å². The summed E-state index contributed by atoms with van der Waals surface area (Å²) < 4.78 is 21.2. The van der Waals surface area contributed by atoms with Crippen molar-refractivity contribution in [3.63, 3.8) is 0 Å². The van der Waals surface area contributed by atoms with E-state index in [4.69, 9.17) is 23.4 Å². The second-order valence-corrected chi connectivity index (χ2v) is 4.95. The van der Waals surface area contributed by atoms with E-state index < -0.39 is 23.9 Å². The van der Waals surface area contributed by atoms with Gasteiger partial charge in [0.25, 0.3) is 0 Å². The first-order valence-electron chi connectivity index (χ1n) is 7.02. The molecule has 0 atom stereocenters. The van der Waals surface area contributed by atoms with Gasteiger partial charge in [0.15, 0.2) is 11.2 Å². The molecule has 0 aliphatic heterocycles. The van der Waals surface area contributed by atoms with E-state index in [1.807, 2.05) is 0 Å².